The predicted molar refractivity (Wildman–Crippen MR) is 84.3 cm³/mol. The van der Waals surface area contributed by atoms with Crippen LogP contribution in [0.15, 0.2) is 42.5 Å². The third-order valence-corrected chi connectivity index (χ3v) is 4.26. The van der Waals surface area contributed by atoms with Gasteiger partial charge in [-0.1, -0.05) is 36.4 Å². The number of urea groups is 1. The molecule has 0 aromatic heterocycles. The molecule has 2 aromatic rings. The molecule has 0 bridgehead atoms. The summed E-state index contributed by atoms with van der Waals surface area (Å²) in [4.78, 5) is 12.1. The number of carbonyl (C=O) groups excluding carboxylic acids is 1. The maximum Gasteiger partial charge on any atom is 0.319 e. The van der Waals surface area contributed by atoms with Gasteiger partial charge in [0.2, 0.25) is 0 Å². The SMILES string of the molecule is O=C(NCC1(CCO)CC1)Nc1cccc2ccccc12. The molecule has 0 heterocycles. The molecule has 1 fully saturated rings. The molecule has 0 unspecified atom stereocenters. The topological polar surface area (TPSA) is 61.4 Å². The lowest BCUT2D eigenvalue weighted by Crippen LogP contribution is -2.34. The Morgan fingerprint density at radius 1 is 1.14 bits per heavy atom. The number of hydrogen-bond donors (Lipinski definition) is 3. The molecule has 4 nitrogen and oxygen atoms in total. The van der Waals surface area contributed by atoms with Crippen molar-refractivity contribution in [3.05, 3.63) is 42.5 Å². The Bertz CT molecular complexity index is 645. The van der Waals surface area contributed by atoms with Gasteiger partial charge in [-0.15, -0.1) is 0 Å². The summed E-state index contributed by atoms with van der Waals surface area (Å²) in [6.45, 7) is 0.816. The van der Waals surface area contributed by atoms with Crippen LogP contribution in [0.5, 0.6) is 0 Å². The largest absolute Gasteiger partial charge is 0.396 e. The number of nitrogens with one attached hydrogen (secondary N) is 2. The Kier molecular flexibility index (Phi) is 3.80. The molecule has 1 saturated carbocycles. The van der Waals surface area contributed by atoms with E-state index in [9.17, 15) is 4.79 Å². The van der Waals surface area contributed by atoms with Gasteiger partial charge in [0.15, 0.2) is 0 Å². The molecule has 2 amide bonds. The van der Waals surface area contributed by atoms with Gasteiger partial charge in [0.25, 0.3) is 0 Å². The average molecular weight is 284 g/mol. The van der Waals surface area contributed by atoms with Gasteiger partial charge in [0, 0.05) is 18.5 Å². The van der Waals surface area contributed by atoms with E-state index >= 15 is 0 Å². The summed E-state index contributed by atoms with van der Waals surface area (Å²) >= 11 is 0. The average Bonchev–Trinajstić information content (AvgIpc) is 3.26. The normalized spacial score (nSPS) is 15.7. The summed E-state index contributed by atoms with van der Waals surface area (Å²) in [6.07, 6.45) is 2.94. The van der Waals surface area contributed by atoms with Crippen LogP contribution >= 0.6 is 0 Å². The molecule has 3 rings (SSSR count). The smallest absolute Gasteiger partial charge is 0.319 e. The molecule has 21 heavy (non-hydrogen) atoms. The predicted octanol–water partition coefficient (Wildman–Crippen LogP) is 3.12. The second-order valence-electron chi connectivity index (χ2n) is 5.81. The lowest BCUT2D eigenvalue weighted by Gasteiger charge is -2.15. The second kappa shape index (κ2) is 5.74. The van der Waals surface area contributed by atoms with Crippen molar-refractivity contribution >= 4 is 22.5 Å². The third-order valence-electron chi connectivity index (χ3n) is 4.26. The Hall–Kier alpha value is -2.07. The second-order valence-corrected chi connectivity index (χ2v) is 5.81. The van der Waals surface area contributed by atoms with E-state index in [1.54, 1.807) is 0 Å². The number of fused-ring (bicyclic) bond motifs is 1. The zero-order valence-corrected chi connectivity index (χ0v) is 11.9. The van der Waals surface area contributed by atoms with Crippen LogP contribution < -0.4 is 10.6 Å². The lowest BCUT2D eigenvalue weighted by atomic mass is 10.0. The number of anilines is 1. The van der Waals surface area contributed by atoms with Gasteiger partial charge in [-0.05, 0) is 36.1 Å². The monoisotopic (exact) mass is 284 g/mol. The standard InChI is InChI=1S/C17H20N2O2/c20-11-10-17(8-9-17)12-18-16(21)19-15-7-3-5-13-4-1-2-6-14(13)15/h1-7,20H,8-12H2,(H2,18,19,21). The fourth-order valence-electron chi connectivity index (χ4n) is 2.70. The molecule has 0 radical (unpaired) electrons. The molecule has 110 valence electrons. The number of amides is 2. The highest BCUT2D eigenvalue weighted by Gasteiger charge is 2.41. The van der Waals surface area contributed by atoms with Crippen LogP contribution in [-0.2, 0) is 0 Å². The minimum Gasteiger partial charge on any atom is -0.396 e. The van der Waals surface area contributed by atoms with Crippen LogP contribution in [0.1, 0.15) is 19.3 Å². The quantitative estimate of drug-likeness (QED) is 0.790. The Balaban J connectivity index is 1.64. The van der Waals surface area contributed by atoms with Crippen LogP contribution in [-0.4, -0.2) is 24.3 Å². The van der Waals surface area contributed by atoms with Gasteiger partial charge >= 0.3 is 6.03 Å². The van der Waals surface area contributed by atoms with Crippen molar-refractivity contribution in [2.45, 2.75) is 19.3 Å². The van der Waals surface area contributed by atoms with E-state index < -0.39 is 0 Å². The van der Waals surface area contributed by atoms with Gasteiger partial charge in [-0.2, -0.15) is 0 Å². The van der Waals surface area contributed by atoms with E-state index in [0.29, 0.717) is 6.54 Å². The van der Waals surface area contributed by atoms with Crippen molar-refractivity contribution < 1.29 is 9.90 Å². The van der Waals surface area contributed by atoms with Crippen molar-refractivity contribution in [1.29, 1.82) is 0 Å². The van der Waals surface area contributed by atoms with Gasteiger partial charge in [0.05, 0.1) is 5.69 Å². The third kappa shape index (κ3) is 3.16. The number of benzene rings is 2. The zero-order chi connectivity index (χ0) is 14.7. The summed E-state index contributed by atoms with van der Waals surface area (Å²) in [5, 5.41) is 17.0. The Morgan fingerprint density at radius 3 is 2.67 bits per heavy atom. The summed E-state index contributed by atoms with van der Waals surface area (Å²) < 4.78 is 0. The molecule has 1 aliphatic carbocycles. The molecule has 0 saturated heterocycles. The fourth-order valence-corrected chi connectivity index (χ4v) is 2.70. The number of aliphatic hydroxyl groups excluding tert-OH is 1. The molecule has 3 N–H and O–H groups in total. The Labute approximate surface area is 124 Å². The number of rotatable bonds is 5. The number of hydrogen-bond acceptors (Lipinski definition) is 2. The van der Waals surface area contributed by atoms with E-state index in [4.69, 9.17) is 5.11 Å². The van der Waals surface area contributed by atoms with Crippen molar-refractivity contribution in [3.63, 3.8) is 0 Å². The fraction of sp³-hybridized carbons (Fsp3) is 0.353. The minimum atomic E-state index is -0.185. The van der Waals surface area contributed by atoms with Gasteiger partial charge in [0.1, 0.15) is 0 Å². The number of aliphatic hydroxyl groups is 1. The molecule has 0 spiro atoms. The summed E-state index contributed by atoms with van der Waals surface area (Å²) in [5.74, 6) is 0. The van der Waals surface area contributed by atoms with E-state index in [1.165, 1.54) is 0 Å². The highest BCUT2D eigenvalue weighted by molar-refractivity contribution is 6.01. The van der Waals surface area contributed by atoms with Crippen molar-refractivity contribution in [2.75, 3.05) is 18.5 Å². The van der Waals surface area contributed by atoms with Crippen LogP contribution in [0.25, 0.3) is 10.8 Å². The summed E-state index contributed by atoms with van der Waals surface area (Å²) in [7, 11) is 0. The molecule has 2 aromatic carbocycles. The van der Waals surface area contributed by atoms with Gasteiger partial charge in [-0.25, -0.2) is 4.79 Å². The summed E-state index contributed by atoms with van der Waals surface area (Å²) in [5.41, 5.74) is 0.947. The maximum atomic E-state index is 12.1. The molecule has 1 aliphatic rings. The Morgan fingerprint density at radius 2 is 1.90 bits per heavy atom. The maximum absolute atomic E-state index is 12.1. The highest BCUT2D eigenvalue weighted by Crippen LogP contribution is 2.47. The van der Waals surface area contributed by atoms with Crippen LogP contribution in [0, 0.1) is 5.41 Å². The minimum absolute atomic E-state index is 0.130. The van der Waals surface area contributed by atoms with Gasteiger partial charge < -0.3 is 15.7 Å². The molecule has 0 atom stereocenters. The summed E-state index contributed by atoms with van der Waals surface area (Å²) in [6, 6.07) is 13.7. The van der Waals surface area contributed by atoms with E-state index in [2.05, 4.69) is 10.6 Å². The van der Waals surface area contributed by atoms with Crippen LogP contribution in [0.4, 0.5) is 10.5 Å². The number of carbonyl (C=O) groups is 1. The first kappa shape index (κ1) is 13.9. The van der Waals surface area contributed by atoms with Crippen LogP contribution in [0.3, 0.4) is 0 Å². The first-order chi connectivity index (χ1) is 10.2. The van der Waals surface area contributed by atoms with Crippen molar-refractivity contribution in [1.82, 2.24) is 5.32 Å². The van der Waals surface area contributed by atoms with E-state index in [0.717, 1.165) is 35.7 Å². The highest BCUT2D eigenvalue weighted by atomic mass is 16.3. The molecule has 0 aliphatic heterocycles. The van der Waals surface area contributed by atoms with Crippen molar-refractivity contribution in [2.24, 2.45) is 5.41 Å². The molecule has 4 heteroatoms. The van der Waals surface area contributed by atoms with E-state index in [1.807, 2.05) is 42.5 Å². The van der Waals surface area contributed by atoms with Crippen LogP contribution in [0.2, 0.25) is 0 Å². The van der Waals surface area contributed by atoms with Gasteiger partial charge in [-0.3, -0.25) is 0 Å². The lowest BCUT2D eigenvalue weighted by molar-refractivity contribution is 0.235. The molecular formula is C17H20N2O2. The first-order valence-electron chi connectivity index (χ1n) is 7.36. The van der Waals surface area contributed by atoms with E-state index in [-0.39, 0.29) is 18.1 Å². The molecular weight excluding hydrogens is 264 g/mol. The zero-order valence-electron chi connectivity index (χ0n) is 11.9. The van der Waals surface area contributed by atoms with Crippen molar-refractivity contribution in [3.8, 4) is 0 Å². The first-order valence-corrected chi connectivity index (χ1v) is 7.36.